The summed E-state index contributed by atoms with van der Waals surface area (Å²) in [4.78, 5) is 8.15. The first-order valence-electron chi connectivity index (χ1n) is 5.98. The van der Waals surface area contributed by atoms with Crippen LogP contribution in [-0.4, -0.2) is 16.6 Å². The average molecular weight is 321 g/mol. The molecule has 1 aliphatic heterocycles. The lowest BCUT2D eigenvalue weighted by Gasteiger charge is -2.10. The predicted octanol–water partition coefficient (Wildman–Crippen LogP) is 2.37. The van der Waals surface area contributed by atoms with Crippen LogP contribution in [0.5, 0.6) is 5.75 Å². The molecule has 19 heavy (non-hydrogen) atoms. The standard InChI is InChI=1S/C13H13BrN4O/c14-10-3-8-1-2-19-13(8)9(4-10)5-17-12-7-16-6-11(15)18-12/h3-4,6-7H,1-2,5H2,(H3,15,17,18). The molecule has 0 aliphatic carbocycles. The number of aromatic nitrogens is 2. The predicted molar refractivity (Wildman–Crippen MR) is 77.1 cm³/mol. The summed E-state index contributed by atoms with van der Waals surface area (Å²) in [5.41, 5.74) is 7.94. The van der Waals surface area contributed by atoms with Crippen molar-refractivity contribution in [3.63, 3.8) is 0 Å². The first-order chi connectivity index (χ1) is 9.22. The lowest BCUT2D eigenvalue weighted by Crippen LogP contribution is -2.05. The van der Waals surface area contributed by atoms with E-state index in [1.54, 1.807) is 6.20 Å². The van der Waals surface area contributed by atoms with Gasteiger partial charge in [-0.25, -0.2) is 4.98 Å². The van der Waals surface area contributed by atoms with Crippen molar-refractivity contribution in [2.45, 2.75) is 13.0 Å². The van der Waals surface area contributed by atoms with Crippen LogP contribution in [0.25, 0.3) is 0 Å². The van der Waals surface area contributed by atoms with E-state index in [0.717, 1.165) is 28.8 Å². The number of nitrogens with zero attached hydrogens (tertiary/aromatic N) is 2. The topological polar surface area (TPSA) is 73.1 Å². The van der Waals surface area contributed by atoms with Crippen LogP contribution in [-0.2, 0) is 13.0 Å². The normalized spacial score (nSPS) is 12.9. The number of hydrogen-bond donors (Lipinski definition) is 2. The van der Waals surface area contributed by atoms with Crippen LogP contribution in [0, 0.1) is 0 Å². The number of nitrogens with two attached hydrogens (primary N) is 1. The summed E-state index contributed by atoms with van der Waals surface area (Å²) in [6.07, 6.45) is 4.13. The van der Waals surface area contributed by atoms with Crippen molar-refractivity contribution in [3.05, 3.63) is 40.1 Å². The number of nitrogen functional groups attached to an aromatic ring is 1. The third kappa shape index (κ3) is 2.63. The van der Waals surface area contributed by atoms with Gasteiger partial charge in [0.2, 0.25) is 0 Å². The van der Waals surface area contributed by atoms with Crippen molar-refractivity contribution in [2.75, 3.05) is 17.7 Å². The fourth-order valence-electron chi connectivity index (χ4n) is 2.13. The number of nitrogens with one attached hydrogen (secondary N) is 1. The number of ether oxygens (including phenoxy) is 1. The highest BCUT2D eigenvalue weighted by Gasteiger charge is 2.17. The summed E-state index contributed by atoms with van der Waals surface area (Å²) in [6.45, 7) is 1.37. The van der Waals surface area contributed by atoms with Crippen LogP contribution < -0.4 is 15.8 Å². The minimum atomic E-state index is 0.403. The summed E-state index contributed by atoms with van der Waals surface area (Å²) in [5.74, 6) is 2.04. The second kappa shape index (κ2) is 5.05. The van der Waals surface area contributed by atoms with Gasteiger partial charge in [0.25, 0.3) is 0 Å². The Balaban J connectivity index is 1.81. The molecular formula is C13H13BrN4O. The van der Waals surface area contributed by atoms with Gasteiger partial charge in [-0.15, -0.1) is 0 Å². The van der Waals surface area contributed by atoms with Gasteiger partial charge in [0, 0.05) is 23.0 Å². The quantitative estimate of drug-likeness (QED) is 0.908. The molecule has 0 fully saturated rings. The number of halogens is 1. The highest BCUT2D eigenvalue weighted by atomic mass is 79.9. The van der Waals surface area contributed by atoms with E-state index in [-0.39, 0.29) is 0 Å². The first kappa shape index (κ1) is 12.2. The Morgan fingerprint density at radius 2 is 2.26 bits per heavy atom. The van der Waals surface area contributed by atoms with Gasteiger partial charge >= 0.3 is 0 Å². The Kier molecular flexibility index (Phi) is 3.25. The van der Waals surface area contributed by atoms with Crippen LogP contribution in [0.2, 0.25) is 0 Å². The zero-order valence-corrected chi connectivity index (χ0v) is 11.8. The Labute approximate surface area is 119 Å². The lowest BCUT2D eigenvalue weighted by molar-refractivity contribution is 0.354. The third-order valence-electron chi connectivity index (χ3n) is 2.94. The van der Waals surface area contributed by atoms with Gasteiger partial charge in [0.1, 0.15) is 17.4 Å². The molecule has 0 amide bonds. The number of rotatable bonds is 3. The van der Waals surface area contributed by atoms with Crippen molar-refractivity contribution >= 4 is 27.6 Å². The summed E-state index contributed by atoms with van der Waals surface area (Å²) in [6, 6.07) is 4.16. The highest BCUT2D eigenvalue weighted by molar-refractivity contribution is 9.10. The summed E-state index contributed by atoms with van der Waals surface area (Å²) >= 11 is 3.52. The molecule has 5 nitrogen and oxygen atoms in total. The summed E-state index contributed by atoms with van der Waals surface area (Å²) in [7, 11) is 0. The van der Waals surface area contributed by atoms with E-state index in [9.17, 15) is 0 Å². The minimum Gasteiger partial charge on any atom is -0.493 e. The van der Waals surface area contributed by atoms with Crippen molar-refractivity contribution in [1.82, 2.24) is 9.97 Å². The molecule has 1 aromatic heterocycles. The Morgan fingerprint density at radius 3 is 3.11 bits per heavy atom. The van der Waals surface area contributed by atoms with Crippen LogP contribution >= 0.6 is 15.9 Å². The van der Waals surface area contributed by atoms with E-state index in [1.807, 2.05) is 0 Å². The fraction of sp³-hybridized carbons (Fsp3) is 0.231. The molecule has 3 rings (SSSR count). The average Bonchev–Trinajstić information content (AvgIpc) is 2.84. The Bertz CT molecular complexity index is 618. The molecule has 0 atom stereocenters. The van der Waals surface area contributed by atoms with Crippen LogP contribution in [0.1, 0.15) is 11.1 Å². The summed E-state index contributed by atoms with van der Waals surface area (Å²) in [5, 5.41) is 3.20. The van der Waals surface area contributed by atoms with Crippen molar-refractivity contribution < 1.29 is 4.74 Å². The fourth-order valence-corrected chi connectivity index (χ4v) is 2.68. The second-order valence-electron chi connectivity index (χ2n) is 4.33. The molecule has 0 bridgehead atoms. The van der Waals surface area contributed by atoms with Gasteiger partial charge < -0.3 is 15.8 Å². The maximum absolute atomic E-state index is 5.68. The maximum Gasteiger partial charge on any atom is 0.147 e. The van der Waals surface area contributed by atoms with Crippen molar-refractivity contribution in [3.8, 4) is 5.75 Å². The molecule has 1 aliphatic rings. The first-order valence-corrected chi connectivity index (χ1v) is 6.77. The Morgan fingerprint density at radius 1 is 1.37 bits per heavy atom. The van der Waals surface area contributed by atoms with E-state index in [4.69, 9.17) is 10.5 Å². The van der Waals surface area contributed by atoms with Gasteiger partial charge in [0.15, 0.2) is 0 Å². The smallest absolute Gasteiger partial charge is 0.147 e. The van der Waals surface area contributed by atoms with Gasteiger partial charge in [-0.3, -0.25) is 4.98 Å². The molecule has 0 radical (unpaired) electrons. The molecule has 3 N–H and O–H groups in total. The number of anilines is 2. The van der Waals surface area contributed by atoms with Gasteiger partial charge in [0.05, 0.1) is 19.0 Å². The molecule has 0 saturated carbocycles. The molecule has 2 aromatic rings. The molecule has 0 spiro atoms. The largest absolute Gasteiger partial charge is 0.493 e. The molecule has 98 valence electrons. The third-order valence-corrected chi connectivity index (χ3v) is 3.40. The molecular weight excluding hydrogens is 308 g/mol. The SMILES string of the molecule is Nc1cncc(NCc2cc(Br)cc3c2OCC3)n1. The number of benzene rings is 1. The molecule has 6 heteroatoms. The number of hydrogen-bond acceptors (Lipinski definition) is 5. The van der Waals surface area contributed by atoms with Crippen LogP contribution in [0.4, 0.5) is 11.6 Å². The monoisotopic (exact) mass is 320 g/mol. The lowest BCUT2D eigenvalue weighted by atomic mass is 10.1. The zero-order chi connectivity index (χ0) is 13.2. The van der Waals surface area contributed by atoms with E-state index in [0.29, 0.717) is 18.2 Å². The van der Waals surface area contributed by atoms with E-state index >= 15 is 0 Å². The van der Waals surface area contributed by atoms with Crippen LogP contribution in [0.3, 0.4) is 0 Å². The van der Waals surface area contributed by atoms with Crippen molar-refractivity contribution in [1.29, 1.82) is 0 Å². The number of fused-ring (bicyclic) bond motifs is 1. The molecule has 0 saturated heterocycles. The minimum absolute atomic E-state index is 0.403. The molecule has 0 unspecified atom stereocenters. The maximum atomic E-state index is 5.68. The van der Waals surface area contributed by atoms with E-state index in [2.05, 4.69) is 43.3 Å². The Hall–Kier alpha value is -1.82. The van der Waals surface area contributed by atoms with Gasteiger partial charge in [-0.05, 0) is 17.7 Å². The zero-order valence-electron chi connectivity index (χ0n) is 10.2. The van der Waals surface area contributed by atoms with Crippen molar-refractivity contribution in [2.24, 2.45) is 0 Å². The molecule has 2 heterocycles. The molecule has 1 aromatic carbocycles. The van der Waals surface area contributed by atoms with Gasteiger partial charge in [-0.2, -0.15) is 0 Å². The van der Waals surface area contributed by atoms with E-state index < -0.39 is 0 Å². The van der Waals surface area contributed by atoms with Crippen LogP contribution in [0.15, 0.2) is 29.0 Å². The highest BCUT2D eigenvalue weighted by Crippen LogP contribution is 2.33. The second-order valence-corrected chi connectivity index (χ2v) is 5.25. The summed E-state index contributed by atoms with van der Waals surface area (Å²) < 4.78 is 6.74. The van der Waals surface area contributed by atoms with Gasteiger partial charge in [-0.1, -0.05) is 15.9 Å². The van der Waals surface area contributed by atoms with E-state index in [1.165, 1.54) is 11.8 Å².